The van der Waals surface area contributed by atoms with Crippen molar-refractivity contribution in [2.24, 2.45) is 5.41 Å². The molecule has 1 aliphatic rings. The van der Waals surface area contributed by atoms with Gasteiger partial charge in [-0.05, 0) is 76.6 Å². The molecule has 4 heteroatoms. The Kier molecular flexibility index (Phi) is 10.3. The predicted octanol–water partition coefficient (Wildman–Crippen LogP) is 11.0. The molecule has 6 aromatic rings. The zero-order chi connectivity index (χ0) is 33.3. The zero-order valence-electron chi connectivity index (χ0n) is 29.2. The third-order valence-corrected chi connectivity index (χ3v) is 9.16. The number of nitrogens with zero attached hydrogens (tertiary/aromatic N) is 3. The summed E-state index contributed by atoms with van der Waals surface area (Å²) in [5, 5.41) is 0. The summed E-state index contributed by atoms with van der Waals surface area (Å²) in [6.45, 7) is 17.7. The van der Waals surface area contributed by atoms with Gasteiger partial charge in [0.2, 0.25) is 0 Å². The minimum atomic E-state index is 0. The largest absolute Gasteiger partial charge is 0.360 e. The molecule has 0 N–H and O–H groups in total. The maximum absolute atomic E-state index is 4.61. The molecule has 0 atom stereocenters. The first-order chi connectivity index (χ1) is 22.4. The average molecular weight is 806 g/mol. The number of aromatic nitrogens is 3. The molecule has 3 nitrogen and oxygen atoms in total. The van der Waals surface area contributed by atoms with E-state index in [1.807, 2.05) is 24.5 Å². The van der Waals surface area contributed by atoms with E-state index in [0.29, 0.717) is 5.41 Å². The van der Waals surface area contributed by atoms with Crippen molar-refractivity contribution in [1.82, 2.24) is 15.0 Å². The number of hydrogen-bond donors (Lipinski definition) is 0. The van der Waals surface area contributed by atoms with Crippen molar-refractivity contribution in [1.29, 1.82) is 0 Å². The Labute approximate surface area is 300 Å². The van der Waals surface area contributed by atoms with Crippen molar-refractivity contribution in [2.45, 2.75) is 67.2 Å². The normalized spacial score (nSPS) is 12.7. The second-order valence-electron chi connectivity index (χ2n) is 14.5. The van der Waals surface area contributed by atoms with Crippen molar-refractivity contribution in [3.8, 4) is 44.8 Å². The molecule has 3 aromatic heterocycles. The van der Waals surface area contributed by atoms with Gasteiger partial charge >= 0.3 is 0 Å². The van der Waals surface area contributed by atoms with Crippen LogP contribution < -0.4 is 0 Å². The first-order valence-corrected chi connectivity index (χ1v) is 16.4. The molecule has 0 saturated heterocycles. The van der Waals surface area contributed by atoms with Crippen molar-refractivity contribution >= 4 is 0 Å². The standard InChI is InChI=1S/C25H28N.C19H15N2.Ir/c1-17-7-10-22(24-13-18(2)19(3)16-26-24)14-23(17)21-11-8-20(9-12-21)15-25(4,5)6;1-19(2)16-8-4-3-7-14(16)15-12-21-18(10-17(15)19)13-6-5-9-20-11-13;/h7-9,11-14,16H,15H2,1-6H3;3-10,12H,1-2H3;/q2*-1;. The molecule has 0 fully saturated rings. The van der Waals surface area contributed by atoms with Crippen LogP contribution in [0.15, 0.2) is 104 Å². The predicted molar refractivity (Wildman–Crippen MR) is 195 cm³/mol. The summed E-state index contributed by atoms with van der Waals surface area (Å²) in [5.74, 6) is 0. The van der Waals surface area contributed by atoms with Gasteiger partial charge in [-0.15, -0.1) is 47.0 Å². The Morgan fingerprint density at radius 1 is 0.667 bits per heavy atom. The van der Waals surface area contributed by atoms with Crippen molar-refractivity contribution in [3.63, 3.8) is 0 Å². The number of pyridine rings is 3. The number of aryl methyl sites for hydroxylation is 3. The summed E-state index contributed by atoms with van der Waals surface area (Å²) >= 11 is 0. The summed E-state index contributed by atoms with van der Waals surface area (Å²) in [6.07, 6.45) is 9.76. The Bertz CT molecular complexity index is 2040. The summed E-state index contributed by atoms with van der Waals surface area (Å²) in [7, 11) is 0. The van der Waals surface area contributed by atoms with Crippen LogP contribution in [0.3, 0.4) is 0 Å². The number of rotatable bonds is 4. The van der Waals surface area contributed by atoms with E-state index in [1.165, 1.54) is 55.6 Å². The Morgan fingerprint density at radius 2 is 1.38 bits per heavy atom. The van der Waals surface area contributed by atoms with Crippen molar-refractivity contribution in [3.05, 3.63) is 149 Å². The van der Waals surface area contributed by atoms with Gasteiger partial charge in [-0.2, -0.15) is 0 Å². The fourth-order valence-corrected chi connectivity index (χ4v) is 6.42. The van der Waals surface area contributed by atoms with Gasteiger partial charge in [0.05, 0.1) is 0 Å². The molecule has 0 saturated carbocycles. The Hall–Kier alpha value is -4.24. The molecular weight excluding hydrogens is 763 g/mol. The van der Waals surface area contributed by atoms with Gasteiger partial charge < -0.3 is 15.0 Å². The van der Waals surface area contributed by atoms with Gasteiger partial charge in [0.25, 0.3) is 0 Å². The minimum Gasteiger partial charge on any atom is -0.360 e. The second kappa shape index (κ2) is 14.1. The molecule has 0 bridgehead atoms. The maximum atomic E-state index is 4.61. The summed E-state index contributed by atoms with van der Waals surface area (Å²) < 4.78 is 0. The van der Waals surface area contributed by atoms with E-state index >= 15 is 0 Å². The minimum absolute atomic E-state index is 0. The SMILES string of the molecule is CC1(C)c2ccccc2-c2cnc(-c3[c-]nccc3)cc21.Cc1cnc(-c2[c-]cc(C)c(-c3ccc(CC(C)(C)C)cc3)c2)cc1C.[Ir]. The first kappa shape index (κ1) is 35.1. The maximum Gasteiger partial charge on any atom is 0.0242 e. The molecule has 0 amide bonds. The van der Waals surface area contributed by atoms with Gasteiger partial charge in [0, 0.05) is 43.5 Å². The number of fused-ring (bicyclic) bond motifs is 3. The molecule has 245 valence electrons. The van der Waals surface area contributed by atoms with E-state index in [2.05, 4.69) is 155 Å². The van der Waals surface area contributed by atoms with Crippen LogP contribution in [-0.2, 0) is 31.9 Å². The van der Waals surface area contributed by atoms with E-state index in [9.17, 15) is 0 Å². The second-order valence-corrected chi connectivity index (χ2v) is 14.5. The van der Waals surface area contributed by atoms with E-state index in [4.69, 9.17) is 0 Å². The molecule has 0 aliphatic heterocycles. The molecule has 7 rings (SSSR count). The van der Waals surface area contributed by atoms with Crippen LogP contribution in [0.1, 0.15) is 68.0 Å². The zero-order valence-corrected chi connectivity index (χ0v) is 31.6. The van der Waals surface area contributed by atoms with Gasteiger partial charge in [0.1, 0.15) is 0 Å². The van der Waals surface area contributed by atoms with Crippen LogP contribution in [0.25, 0.3) is 44.8 Å². The third-order valence-electron chi connectivity index (χ3n) is 9.16. The molecule has 3 aromatic carbocycles. The fraction of sp³-hybridized carbons (Fsp3) is 0.250. The van der Waals surface area contributed by atoms with Crippen LogP contribution in [0.2, 0.25) is 0 Å². The van der Waals surface area contributed by atoms with E-state index in [0.717, 1.165) is 28.9 Å². The van der Waals surface area contributed by atoms with Crippen LogP contribution in [0.4, 0.5) is 0 Å². The Balaban J connectivity index is 0.000000187. The molecule has 0 unspecified atom stereocenters. The van der Waals surface area contributed by atoms with E-state index < -0.39 is 0 Å². The molecular formula is C44H43IrN3-2. The number of benzene rings is 3. The van der Waals surface area contributed by atoms with E-state index in [-0.39, 0.29) is 25.5 Å². The van der Waals surface area contributed by atoms with Crippen molar-refractivity contribution in [2.75, 3.05) is 0 Å². The third kappa shape index (κ3) is 7.41. The molecule has 3 heterocycles. The van der Waals surface area contributed by atoms with Crippen LogP contribution in [0.5, 0.6) is 0 Å². The van der Waals surface area contributed by atoms with Crippen LogP contribution in [-0.4, -0.2) is 15.0 Å². The Morgan fingerprint density at radius 3 is 2.06 bits per heavy atom. The molecule has 48 heavy (non-hydrogen) atoms. The average Bonchev–Trinajstić information content (AvgIpc) is 3.29. The molecule has 1 radical (unpaired) electrons. The van der Waals surface area contributed by atoms with Gasteiger partial charge in [-0.3, -0.25) is 0 Å². The summed E-state index contributed by atoms with van der Waals surface area (Å²) in [5.41, 5.74) is 17.1. The first-order valence-electron chi connectivity index (χ1n) is 16.4. The van der Waals surface area contributed by atoms with Crippen molar-refractivity contribution < 1.29 is 20.1 Å². The molecule has 1 aliphatic carbocycles. The molecule has 0 spiro atoms. The summed E-state index contributed by atoms with van der Waals surface area (Å²) in [6, 6.07) is 33.5. The smallest absolute Gasteiger partial charge is 0.0242 e. The monoisotopic (exact) mass is 806 g/mol. The number of hydrogen-bond acceptors (Lipinski definition) is 3. The fourth-order valence-electron chi connectivity index (χ4n) is 6.42. The topological polar surface area (TPSA) is 38.7 Å². The summed E-state index contributed by atoms with van der Waals surface area (Å²) in [4.78, 5) is 13.3. The van der Waals surface area contributed by atoms with Gasteiger partial charge in [0.15, 0.2) is 0 Å². The quantitative estimate of drug-likeness (QED) is 0.167. The van der Waals surface area contributed by atoms with Crippen LogP contribution >= 0.6 is 0 Å². The van der Waals surface area contributed by atoms with Gasteiger partial charge in [-0.25, -0.2) is 0 Å². The van der Waals surface area contributed by atoms with E-state index in [1.54, 1.807) is 6.20 Å². The van der Waals surface area contributed by atoms with Gasteiger partial charge in [-0.1, -0.05) is 120 Å². The van der Waals surface area contributed by atoms with Crippen LogP contribution in [0, 0.1) is 38.4 Å².